The van der Waals surface area contributed by atoms with Gasteiger partial charge in [-0.05, 0) is 66.8 Å². The highest BCUT2D eigenvalue weighted by Crippen LogP contribution is 2.37. The SMILES string of the molecule is O=C(OCc1c(Cl)cccc1Cl)c1c2c(nc3ccccc13)/C(=C\c1ccco1)CCC2. The monoisotopic (exact) mass is 463 g/mol. The van der Waals surface area contributed by atoms with Gasteiger partial charge in [-0.2, -0.15) is 0 Å². The van der Waals surface area contributed by atoms with Gasteiger partial charge in [0.1, 0.15) is 12.4 Å². The molecule has 4 nitrogen and oxygen atoms in total. The molecule has 0 fully saturated rings. The number of ether oxygens (including phenoxy) is 1. The van der Waals surface area contributed by atoms with Gasteiger partial charge in [0.2, 0.25) is 0 Å². The molecule has 0 radical (unpaired) electrons. The quantitative estimate of drug-likeness (QED) is 0.296. The molecular formula is C26H19Cl2NO3. The van der Waals surface area contributed by atoms with Gasteiger partial charge in [-0.3, -0.25) is 0 Å². The van der Waals surface area contributed by atoms with Gasteiger partial charge in [-0.25, -0.2) is 9.78 Å². The molecule has 0 unspecified atom stereocenters. The Morgan fingerprint density at radius 2 is 1.84 bits per heavy atom. The van der Waals surface area contributed by atoms with Crippen molar-refractivity contribution in [2.75, 3.05) is 0 Å². The minimum absolute atomic E-state index is 0.00213. The Bertz CT molecular complexity index is 1320. The third kappa shape index (κ3) is 3.92. The molecule has 2 aromatic carbocycles. The van der Waals surface area contributed by atoms with Crippen LogP contribution in [0, 0.1) is 0 Å². The van der Waals surface area contributed by atoms with E-state index >= 15 is 0 Å². The maximum Gasteiger partial charge on any atom is 0.339 e. The van der Waals surface area contributed by atoms with Gasteiger partial charge in [-0.15, -0.1) is 0 Å². The summed E-state index contributed by atoms with van der Waals surface area (Å²) < 4.78 is 11.2. The van der Waals surface area contributed by atoms with E-state index < -0.39 is 5.97 Å². The zero-order valence-electron chi connectivity index (χ0n) is 17.1. The summed E-state index contributed by atoms with van der Waals surface area (Å²) in [6.07, 6.45) is 6.17. The van der Waals surface area contributed by atoms with Gasteiger partial charge >= 0.3 is 5.97 Å². The molecule has 4 aromatic rings. The largest absolute Gasteiger partial charge is 0.465 e. The van der Waals surface area contributed by atoms with Crippen molar-refractivity contribution in [2.24, 2.45) is 0 Å². The van der Waals surface area contributed by atoms with Crippen LogP contribution >= 0.6 is 23.2 Å². The Morgan fingerprint density at radius 1 is 1.03 bits per heavy atom. The Hall–Kier alpha value is -3.08. The Morgan fingerprint density at radius 3 is 2.62 bits per heavy atom. The van der Waals surface area contributed by atoms with Crippen LogP contribution in [0.5, 0.6) is 0 Å². The second kappa shape index (κ2) is 8.81. The second-order valence-corrected chi connectivity index (χ2v) is 8.46. The Balaban J connectivity index is 1.59. The number of carbonyl (C=O) groups is 1. The lowest BCUT2D eigenvalue weighted by molar-refractivity contribution is 0.0474. The van der Waals surface area contributed by atoms with Gasteiger partial charge < -0.3 is 9.15 Å². The minimum atomic E-state index is -0.407. The van der Waals surface area contributed by atoms with Crippen LogP contribution in [0.3, 0.4) is 0 Å². The highest BCUT2D eigenvalue weighted by atomic mass is 35.5. The smallest absolute Gasteiger partial charge is 0.339 e. The van der Waals surface area contributed by atoms with E-state index in [-0.39, 0.29) is 6.61 Å². The molecule has 160 valence electrons. The molecule has 32 heavy (non-hydrogen) atoms. The summed E-state index contributed by atoms with van der Waals surface area (Å²) in [7, 11) is 0. The maximum atomic E-state index is 13.4. The molecule has 6 heteroatoms. The number of allylic oxidation sites excluding steroid dienone is 1. The Kier molecular flexibility index (Phi) is 5.73. The van der Waals surface area contributed by atoms with Crippen LogP contribution in [0.2, 0.25) is 10.0 Å². The van der Waals surface area contributed by atoms with Crippen LogP contribution in [0.25, 0.3) is 22.6 Å². The first-order valence-corrected chi connectivity index (χ1v) is 11.1. The number of hydrogen-bond donors (Lipinski definition) is 0. The number of aromatic nitrogens is 1. The van der Waals surface area contributed by atoms with E-state index in [9.17, 15) is 4.79 Å². The summed E-state index contributed by atoms with van der Waals surface area (Å²) in [5.41, 5.74) is 4.68. The number of carbonyl (C=O) groups excluding carboxylic acids is 1. The first kappa shape index (κ1) is 20.8. The number of nitrogens with zero attached hydrogens (tertiary/aromatic N) is 1. The lowest BCUT2D eigenvalue weighted by Gasteiger charge is -2.22. The van der Waals surface area contributed by atoms with Crippen molar-refractivity contribution in [2.45, 2.75) is 25.9 Å². The van der Waals surface area contributed by atoms with Gasteiger partial charge in [-0.1, -0.05) is 47.5 Å². The predicted molar refractivity (Wildman–Crippen MR) is 127 cm³/mol. The molecule has 0 amide bonds. The minimum Gasteiger partial charge on any atom is -0.465 e. The van der Waals surface area contributed by atoms with E-state index in [4.69, 9.17) is 37.3 Å². The molecule has 0 bridgehead atoms. The highest BCUT2D eigenvalue weighted by Gasteiger charge is 2.26. The summed E-state index contributed by atoms with van der Waals surface area (Å²) in [6.45, 7) is -0.00213. The summed E-state index contributed by atoms with van der Waals surface area (Å²) in [4.78, 5) is 18.3. The number of fused-ring (bicyclic) bond motifs is 2. The standard InChI is InChI=1S/C26H19Cl2NO3/c27-21-10-4-11-22(28)20(21)15-32-26(30)24-18-8-1-2-12-23(18)29-25-16(6-3-9-19(24)25)14-17-7-5-13-31-17/h1-2,4-5,7-8,10-14H,3,6,9,15H2/b16-14-. The molecule has 0 atom stereocenters. The lowest BCUT2D eigenvalue weighted by Crippen LogP contribution is -2.15. The average Bonchev–Trinajstić information content (AvgIpc) is 3.30. The van der Waals surface area contributed by atoms with Crippen molar-refractivity contribution in [3.05, 3.63) is 99.1 Å². The Labute approximate surface area is 195 Å². The van der Waals surface area contributed by atoms with Gasteiger partial charge in [0, 0.05) is 21.0 Å². The van der Waals surface area contributed by atoms with Crippen molar-refractivity contribution in [1.82, 2.24) is 4.98 Å². The number of furan rings is 1. The zero-order chi connectivity index (χ0) is 22.1. The van der Waals surface area contributed by atoms with Crippen LogP contribution in [0.15, 0.2) is 65.3 Å². The molecule has 2 heterocycles. The zero-order valence-corrected chi connectivity index (χ0v) is 18.6. The van der Waals surface area contributed by atoms with Gasteiger partial charge in [0.15, 0.2) is 0 Å². The van der Waals surface area contributed by atoms with Gasteiger partial charge in [0.05, 0.1) is 23.0 Å². The fourth-order valence-corrected chi connectivity index (χ4v) is 4.64. The predicted octanol–water partition coefficient (Wildman–Crippen LogP) is 7.37. The highest BCUT2D eigenvalue weighted by molar-refractivity contribution is 6.36. The number of benzene rings is 2. The molecule has 1 aliphatic carbocycles. The van der Waals surface area contributed by atoms with Crippen molar-refractivity contribution >= 4 is 51.7 Å². The number of esters is 1. The number of halogens is 2. The molecule has 1 aliphatic rings. The van der Waals surface area contributed by atoms with E-state index in [1.54, 1.807) is 24.5 Å². The molecule has 5 rings (SSSR count). The van der Waals surface area contributed by atoms with E-state index in [2.05, 4.69) is 0 Å². The third-order valence-corrected chi connectivity index (χ3v) is 6.35. The van der Waals surface area contributed by atoms with Crippen LogP contribution in [-0.4, -0.2) is 11.0 Å². The summed E-state index contributed by atoms with van der Waals surface area (Å²) >= 11 is 12.5. The summed E-state index contributed by atoms with van der Waals surface area (Å²) in [6, 6.07) is 16.6. The van der Waals surface area contributed by atoms with Crippen molar-refractivity contribution in [3.8, 4) is 0 Å². The second-order valence-electron chi connectivity index (χ2n) is 7.65. The molecule has 2 aromatic heterocycles. The van der Waals surface area contributed by atoms with E-state index in [0.717, 1.165) is 52.8 Å². The number of rotatable bonds is 4. The van der Waals surface area contributed by atoms with E-state index in [1.807, 2.05) is 42.5 Å². The molecule has 0 spiro atoms. The summed E-state index contributed by atoms with van der Waals surface area (Å²) in [5, 5.41) is 1.71. The molecule has 0 aliphatic heterocycles. The maximum absolute atomic E-state index is 13.4. The fraction of sp³-hybridized carbons (Fsp3) is 0.154. The molecule has 0 saturated heterocycles. The molecular weight excluding hydrogens is 445 g/mol. The number of para-hydroxylation sites is 1. The first-order chi connectivity index (χ1) is 15.6. The van der Waals surface area contributed by atoms with Crippen molar-refractivity contribution in [3.63, 3.8) is 0 Å². The van der Waals surface area contributed by atoms with E-state index in [0.29, 0.717) is 21.2 Å². The summed E-state index contributed by atoms with van der Waals surface area (Å²) in [5.74, 6) is 0.357. The van der Waals surface area contributed by atoms with Crippen LogP contribution in [-0.2, 0) is 17.8 Å². The fourth-order valence-electron chi connectivity index (χ4n) is 4.13. The third-order valence-electron chi connectivity index (χ3n) is 5.64. The topological polar surface area (TPSA) is 52.3 Å². The van der Waals surface area contributed by atoms with E-state index in [1.165, 1.54) is 0 Å². The number of hydrogen-bond acceptors (Lipinski definition) is 4. The van der Waals surface area contributed by atoms with Crippen LogP contribution in [0.4, 0.5) is 0 Å². The number of pyridine rings is 1. The first-order valence-electron chi connectivity index (χ1n) is 10.4. The normalized spacial score (nSPS) is 14.5. The lowest BCUT2D eigenvalue weighted by atomic mass is 9.86. The van der Waals surface area contributed by atoms with Crippen molar-refractivity contribution in [1.29, 1.82) is 0 Å². The molecule has 0 N–H and O–H groups in total. The van der Waals surface area contributed by atoms with Crippen LogP contribution < -0.4 is 0 Å². The molecule has 0 saturated carbocycles. The van der Waals surface area contributed by atoms with Crippen LogP contribution in [0.1, 0.15) is 45.8 Å². The van der Waals surface area contributed by atoms with Gasteiger partial charge in [0.25, 0.3) is 0 Å². The average molecular weight is 464 g/mol. The van der Waals surface area contributed by atoms with Crippen molar-refractivity contribution < 1.29 is 13.9 Å².